The van der Waals surface area contributed by atoms with Gasteiger partial charge in [0.05, 0.1) is 23.8 Å². The molecule has 2 aliphatic heterocycles. The number of sulfonamides is 1. The minimum Gasteiger partial charge on any atom is -0.497 e. The lowest BCUT2D eigenvalue weighted by atomic mass is 9.84. The molecule has 30 heavy (non-hydrogen) atoms. The third kappa shape index (κ3) is 3.07. The average molecular weight is 426 g/mol. The number of benzene rings is 1. The predicted molar refractivity (Wildman–Crippen MR) is 111 cm³/mol. The Kier molecular flexibility index (Phi) is 4.56. The number of aromatic nitrogens is 1. The molecule has 0 N–H and O–H groups in total. The number of pyridine rings is 1. The van der Waals surface area contributed by atoms with Crippen LogP contribution >= 0.6 is 0 Å². The number of furan rings is 1. The van der Waals surface area contributed by atoms with Crippen LogP contribution in [0, 0.1) is 5.92 Å². The second-order valence-corrected chi connectivity index (χ2v) is 9.80. The van der Waals surface area contributed by atoms with Gasteiger partial charge in [-0.2, -0.15) is 4.31 Å². The van der Waals surface area contributed by atoms with Crippen LogP contribution < -0.4 is 10.3 Å². The van der Waals surface area contributed by atoms with Crippen LogP contribution in [-0.2, 0) is 16.6 Å². The molecule has 1 aromatic carbocycles. The Labute approximate surface area is 174 Å². The highest BCUT2D eigenvalue weighted by Gasteiger charge is 2.39. The molecule has 1 saturated heterocycles. The fraction of sp³-hybridized carbons (Fsp3) is 0.318. The largest absolute Gasteiger partial charge is 0.497 e. The number of rotatable bonds is 4. The second kappa shape index (κ2) is 7.14. The van der Waals surface area contributed by atoms with E-state index in [0.29, 0.717) is 36.7 Å². The van der Waals surface area contributed by atoms with Crippen LogP contribution in [0.15, 0.2) is 68.9 Å². The first-order valence-electron chi connectivity index (χ1n) is 9.89. The topological polar surface area (TPSA) is 81.8 Å². The smallest absolute Gasteiger partial charge is 0.261 e. The number of hydrogen-bond acceptors (Lipinski definition) is 5. The lowest BCUT2D eigenvalue weighted by Gasteiger charge is -2.42. The molecular weight excluding hydrogens is 404 g/mol. The Hall–Kier alpha value is -2.84. The molecule has 3 aromatic rings. The third-order valence-electron chi connectivity index (χ3n) is 6.05. The maximum atomic E-state index is 13.2. The maximum Gasteiger partial charge on any atom is 0.261 e. The monoisotopic (exact) mass is 426 g/mol. The Morgan fingerprint density at radius 2 is 1.83 bits per heavy atom. The van der Waals surface area contributed by atoms with E-state index >= 15 is 0 Å². The highest BCUT2D eigenvalue weighted by Crippen LogP contribution is 2.38. The molecule has 0 spiro atoms. The summed E-state index contributed by atoms with van der Waals surface area (Å²) in [6.45, 7) is 1.28. The molecule has 1 fully saturated rings. The zero-order valence-electron chi connectivity index (χ0n) is 16.5. The SMILES string of the molecule is COc1ccc(S(=O)(=O)N2C[C@@H]3C[C@H](C2)c2ccc(-c4ccco4)c(=O)n2C3)cc1. The fourth-order valence-electron chi connectivity index (χ4n) is 4.61. The van der Waals surface area contributed by atoms with Gasteiger partial charge in [-0.3, -0.25) is 4.79 Å². The molecule has 2 aromatic heterocycles. The lowest BCUT2D eigenvalue weighted by Crippen LogP contribution is -2.49. The summed E-state index contributed by atoms with van der Waals surface area (Å²) in [5.41, 5.74) is 1.34. The quantitative estimate of drug-likeness (QED) is 0.641. The molecule has 2 atom stereocenters. The molecule has 0 saturated carbocycles. The highest BCUT2D eigenvalue weighted by atomic mass is 32.2. The van der Waals surface area contributed by atoms with Crippen molar-refractivity contribution >= 4 is 10.0 Å². The van der Waals surface area contributed by atoms with Gasteiger partial charge in [-0.05, 0) is 60.9 Å². The van der Waals surface area contributed by atoms with Crippen molar-refractivity contribution in [2.45, 2.75) is 23.8 Å². The van der Waals surface area contributed by atoms with Gasteiger partial charge in [0.2, 0.25) is 10.0 Å². The number of ether oxygens (including phenoxy) is 1. The molecule has 2 aliphatic rings. The van der Waals surface area contributed by atoms with E-state index in [1.54, 1.807) is 64.7 Å². The highest BCUT2D eigenvalue weighted by molar-refractivity contribution is 7.89. The summed E-state index contributed by atoms with van der Waals surface area (Å²) in [6, 6.07) is 13.7. The van der Waals surface area contributed by atoms with Gasteiger partial charge in [0.1, 0.15) is 11.5 Å². The van der Waals surface area contributed by atoms with Crippen LogP contribution in [-0.4, -0.2) is 37.5 Å². The average Bonchev–Trinajstić information content (AvgIpc) is 3.29. The number of methoxy groups -OCH3 is 1. The number of fused-ring (bicyclic) bond motifs is 4. The van der Waals surface area contributed by atoms with Crippen molar-refractivity contribution in [3.8, 4) is 17.1 Å². The van der Waals surface area contributed by atoms with Crippen LogP contribution in [0.1, 0.15) is 18.0 Å². The van der Waals surface area contributed by atoms with E-state index in [0.717, 1.165) is 12.1 Å². The summed E-state index contributed by atoms with van der Waals surface area (Å²) >= 11 is 0. The Bertz CT molecular complexity index is 1230. The van der Waals surface area contributed by atoms with Gasteiger partial charge in [0.25, 0.3) is 5.56 Å². The molecule has 8 heteroatoms. The van der Waals surface area contributed by atoms with Gasteiger partial charge in [0.15, 0.2) is 0 Å². The summed E-state index contributed by atoms with van der Waals surface area (Å²) in [7, 11) is -2.06. The van der Waals surface area contributed by atoms with Crippen LogP contribution in [0.5, 0.6) is 5.75 Å². The zero-order chi connectivity index (χ0) is 20.9. The number of nitrogens with zero attached hydrogens (tertiary/aromatic N) is 2. The van der Waals surface area contributed by atoms with Gasteiger partial charge in [-0.1, -0.05) is 0 Å². The molecular formula is C22H22N2O5S. The standard InChI is InChI=1S/C22H22N2O5S/c1-28-17-4-6-18(7-5-17)30(26,27)23-12-15-11-16(14-23)20-9-8-19(21-3-2-10-29-21)22(25)24(20)13-15/h2-10,15-16H,11-14H2,1H3/t15-,16+/m0/s1. The van der Waals surface area contributed by atoms with Crippen LogP contribution in [0.3, 0.4) is 0 Å². The minimum atomic E-state index is -3.61. The molecule has 5 rings (SSSR count). The van der Waals surface area contributed by atoms with Gasteiger partial charge < -0.3 is 13.7 Å². The van der Waals surface area contributed by atoms with Crippen molar-refractivity contribution in [1.29, 1.82) is 0 Å². The summed E-state index contributed by atoms with van der Waals surface area (Å²) in [4.78, 5) is 13.3. The Morgan fingerprint density at radius 3 is 2.53 bits per heavy atom. The Balaban J connectivity index is 1.47. The van der Waals surface area contributed by atoms with E-state index < -0.39 is 10.0 Å². The molecule has 0 unspecified atom stereocenters. The van der Waals surface area contributed by atoms with Crippen molar-refractivity contribution in [1.82, 2.24) is 8.87 Å². The predicted octanol–water partition coefficient (Wildman–Crippen LogP) is 2.92. The number of piperidine rings is 1. The molecule has 0 amide bonds. The van der Waals surface area contributed by atoms with Gasteiger partial charge in [0, 0.05) is 31.2 Å². The van der Waals surface area contributed by atoms with Gasteiger partial charge >= 0.3 is 0 Å². The summed E-state index contributed by atoms with van der Waals surface area (Å²) < 4.78 is 40.3. The first kappa shape index (κ1) is 19.1. The van der Waals surface area contributed by atoms with Gasteiger partial charge in [-0.25, -0.2) is 8.42 Å². The van der Waals surface area contributed by atoms with E-state index in [4.69, 9.17) is 9.15 Å². The van der Waals surface area contributed by atoms with E-state index in [2.05, 4.69) is 0 Å². The molecule has 0 aliphatic carbocycles. The van der Waals surface area contributed by atoms with Crippen molar-refractivity contribution in [2.75, 3.05) is 20.2 Å². The van der Waals surface area contributed by atoms with E-state index in [1.807, 2.05) is 6.07 Å². The summed E-state index contributed by atoms with van der Waals surface area (Å²) in [5.74, 6) is 1.25. The second-order valence-electron chi connectivity index (χ2n) is 7.86. The van der Waals surface area contributed by atoms with Crippen molar-refractivity contribution in [2.24, 2.45) is 5.92 Å². The Morgan fingerprint density at radius 1 is 1.03 bits per heavy atom. The van der Waals surface area contributed by atoms with E-state index in [1.165, 1.54) is 0 Å². The van der Waals surface area contributed by atoms with Crippen molar-refractivity contribution in [3.05, 3.63) is 70.8 Å². The van der Waals surface area contributed by atoms with Crippen molar-refractivity contribution < 1.29 is 17.6 Å². The van der Waals surface area contributed by atoms with Crippen LogP contribution in [0.4, 0.5) is 0 Å². The van der Waals surface area contributed by atoms with E-state index in [9.17, 15) is 13.2 Å². The number of hydrogen-bond donors (Lipinski definition) is 0. The molecule has 4 heterocycles. The van der Waals surface area contributed by atoms with Gasteiger partial charge in [-0.15, -0.1) is 0 Å². The molecule has 2 bridgehead atoms. The zero-order valence-corrected chi connectivity index (χ0v) is 17.3. The fourth-order valence-corrected chi connectivity index (χ4v) is 6.18. The van der Waals surface area contributed by atoms with Crippen LogP contribution in [0.25, 0.3) is 11.3 Å². The molecule has 156 valence electrons. The van der Waals surface area contributed by atoms with Crippen LogP contribution in [0.2, 0.25) is 0 Å². The summed E-state index contributed by atoms with van der Waals surface area (Å²) in [5, 5.41) is 0. The van der Waals surface area contributed by atoms with Crippen molar-refractivity contribution in [3.63, 3.8) is 0 Å². The normalized spacial score (nSPS) is 21.2. The first-order chi connectivity index (χ1) is 14.5. The maximum absolute atomic E-state index is 13.2. The minimum absolute atomic E-state index is 0.0103. The molecule has 7 nitrogen and oxygen atoms in total. The first-order valence-corrected chi connectivity index (χ1v) is 11.3. The summed E-state index contributed by atoms with van der Waals surface area (Å²) in [6.07, 6.45) is 2.43. The third-order valence-corrected chi connectivity index (χ3v) is 7.90. The van der Waals surface area contributed by atoms with E-state index in [-0.39, 0.29) is 22.3 Å². The molecule has 0 radical (unpaired) electrons. The lowest BCUT2D eigenvalue weighted by molar-refractivity contribution is 0.186.